The summed E-state index contributed by atoms with van der Waals surface area (Å²) < 4.78 is 0. The number of halogens is 2. The highest BCUT2D eigenvalue weighted by Gasteiger charge is 2.07. The summed E-state index contributed by atoms with van der Waals surface area (Å²) in [5.74, 6) is -0.0705. The minimum atomic E-state index is -0.0705. The van der Waals surface area contributed by atoms with Crippen LogP contribution < -0.4 is 5.32 Å². The Kier molecular flexibility index (Phi) is 4.23. The third kappa shape index (κ3) is 3.34. The van der Waals surface area contributed by atoms with Crippen molar-refractivity contribution in [1.29, 1.82) is 0 Å². The van der Waals surface area contributed by atoms with Crippen molar-refractivity contribution >= 4 is 28.9 Å². The van der Waals surface area contributed by atoms with E-state index in [-0.39, 0.29) is 15.8 Å². The van der Waals surface area contributed by atoms with E-state index >= 15 is 0 Å². The molecule has 2 aromatic rings. The Labute approximate surface area is 123 Å². The SMILES string of the molecule is Cc1ccc(C)c(NCc2cc(Cl)c(O)c(Cl)c2)c1. The minimum Gasteiger partial charge on any atom is -0.505 e. The molecule has 0 aliphatic heterocycles. The number of aryl methyl sites for hydroxylation is 2. The van der Waals surface area contributed by atoms with Crippen LogP contribution in [0.1, 0.15) is 16.7 Å². The molecule has 0 atom stereocenters. The van der Waals surface area contributed by atoms with Crippen molar-refractivity contribution in [1.82, 2.24) is 0 Å². The van der Waals surface area contributed by atoms with Crippen LogP contribution in [-0.2, 0) is 6.54 Å². The molecular formula is C15H15Cl2NO. The Morgan fingerprint density at radius 2 is 1.68 bits per heavy atom. The first-order chi connectivity index (χ1) is 8.97. The first-order valence-electron chi connectivity index (χ1n) is 5.95. The molecule has 2 aromatic carbocycles. The Bertz CT molecular complexity index is 588. The Balaban J connectivity index is 2.17. The van der Waals surface area contributed by atoms with E-state index in [1.165, 1.54) is 11.1 Å². The summed E-state index contributed by atoms with van der Waals surface area (Å²) >= 11 is 11.8. The molecular weight excluding hydrogens is 281 g/mol. The van der Waals surface area contributed by atoms with Gasteiger partial charge in [-0.05, 0) is 48.7 Å². The number of anilines is 1. The molecule has 0 amide bonds. The normalized spacial score (nSPS) is 10.5. The summed E-state index contributed by atoms with van der Waals surface area (Å²) in [6.45, 7) is 4.71. The lowest BCUT2D eigenvalue weighted by atomic mass is 10.1. The Morgan fingerprint density at radius 3 is 2.32 bits per heavy atom. The van der Waals surface area contributed by atoms with Crippen molar-refractivity contribution in [2.75, 3.05) is 5.32 Å². The number of phenols is 1. The van der Waals surface area contributed by atoms with Crippen LogP contribution >= 0.6 is 23.2 Å². The number of hydrogen-bond acceptors (Lipinski definition) is 2. The van der Waals surface area contributed by atoms with Crippen molar-refractivity contribution in [3.05, 3.63) is 57.1 Å². The smallest absolute Gasteiger partial charge is 0.152 e. The minimum absolute atomic E-state index is 0.0705. The van der Waals surface area contributed by atoms with Crippen LogP contribution in [0, 0.1) is 13.8 Å². The topological polar surface area (TPSA) is 32.3 Å². The van der Waals surface area contributed by atoms with Gasteiger partial charge in [-0.2, -0.15) is 0 Å². The number of benzene rings is 2. The standard InChI is InChI=1S/C15H15Cl2NO/c1-9-3-4-10(2)14(5-9)18-8-11-6-12(16)15(19)13(17)7-11/h3-7,18-19H,8H2,1-2H3. The lowest BCUT2D eigenvalue weighted by molar-refractivity contribution is 0.475. The number of nitrogens with one attached hydrogen (secondary N) is 1. The van der Waals surface area contributed by atoms with Gasteiger partial charge in [-0.1, -0.05) is 35.3 Å². The average Bonchev–Trinajstić information content (AvgIpc) is 2.37. The molecule has 0 unspecified atom stereocenters. The number of hydrogen-bond donors (Lipinski definition) is 2. The fourth-order valence-electron chi connectivity index (χ4n) is 1.84. The fourth-order valence-corrected chi connectivity index (χ4v) is 2.38. The van der Waals surface area contributed by atoms with E-state index in [2.05, 4.69) is 37.4 Å². The summed E-state index contributed by atoms with van der Waals surface area (Å²) in [7, 11) is 0. The highest BCUT2D eigenvalue weighted by molar-refractivity contribution is 6.37. The molecule has 2 N–H and O–H groups in total. The lowest BCUT2D eigenvalue weighted by Crippen LogP contribution is -2.01. The van der Waals surface area contributed by atoms with Gasteiger partial charge in [-0.25, -0.2) is 0 Å². The van der Waals surface area contributed by atoms with E-state index in [1.807, 2.05) is 0 Å². The van der Waals surface area contributed by atoms with E-state index in [4.69, 9.17) is 23.2 Å². The van der Waals surface area contributed by atoms with Gasteiger partial charge in [0.1, 0.15) is 0 Å². The van der Waals surface area contributed by atoms with E-state index in [0.29, 0.717) is 6.54 Å². The maximum absolute atomic E-state index is 9.51. The number of phenolic OH excluding ortho intramolecular Hbond substituents is 1. The molecule has 0 heterocycles. The Morgan fingerprint density at radius 1 is 1.05 bits per heavy atom. The molecule has 19 heavy (non-hydrogen) atoms. The second-order valence-electron chi connectivity index (χ2n) is 4.58. The predicted molar refractivity (Wildman–Crippen MR) is 81.4 cm³/mol. The molecule has 2 rings (SSSR count). The zero-order valence-electron chi connectivity index (χ0n) is 10.8. The van der Waals surface area contributed by atoms with Crippen molar-refractivity contribution in [3.63, 3.8) is 0 Å². The monoisotopic (exact) mass is 295 g/mol. The molecule has 100 valence electrons. The molecule has 0 bridgehead atoms. The zero-order chi connectivity index (χ0) is 14.0. The van der Waals surface area contributed by atoms with Crippen LogP contribution in [0.4, 0.5) is 5.69 Å². The van der Waals surface area contributed by atoms with Gasteiger partial charge in [0, 0.05) is 12.2 Å². The van der Waals surface area contributed by atoms with Gasteiger partial charge in [0.15, 0.2) is 5.75 Å². The van der Waals surface area contributed by atoms with E-state index in [9.17, 15) is 5.11 Å². The molecule has 0 aliphatic rings. The largest absolute Gasteiger partial charge is 0.505 e. The molecule has 0 aliphatic carbocycles. The van der Waals surface area contributed by atoms with Crippen molar-refractivity contribution in [2.24, 2.45) is 0 Å². The number of rotatable bonds is 3. The summed E-state index contributed by atoms with van der Waals surface area (Å²) in [4.78, 5) is 0. The highest BCUT2D eigenvalue weighted by atomic mass is 35.5. The maximum atomic E-state index is 9.51. The van der Waals surface area contributed by atoms with Crippen molar-refractivity contribution < 1.29 is 5.11 Å². The van der Waals surface area contributed by atoms with Crippen LogP contribution in [0.3, 0.4) is 0 Å². The summed E-state index contributed by atoms with van der Waals surface area (Å²) in [6, 6.07) is 9.67. The molecule has 0 spiro atoms. The van der Waals surface area contributed by atoms with Gasteiger partial charge in [0.2, 0.25) is 0 Å². The lowest BCUT2D eigenvalue weighted by Gasteiger charge is -2.11. The average molecular weight is 296 g/mol. The molecule has 0 fully saturated rings. The van der Waals surface area contributed by atoms with Gasteiger partial charge in [0.25, 0.3) is 0 Å². The fraction of sp³-hybridized carbons (Fsp3) is 0.200. The summed E-state index contributed by atoms with van der Waals surface area (Å²) in [5.41, 5.74) is 4.39. The van der Waals surface area contributed by atoms with Crippen molar-refractivity contribution in [2.45, 2.75) is 20.4 Å². The molecule has 0 radical (unpaired) electrons. The highest BCUT2D eigenvalue weighted by Crippen LogP contribution is 2.33. The van der Waals surface area contributed by atoms with Gasteiger partial charge in [0.05, 0.1) is 10.0 Å². The molecule has 0 aromatic heterocycles. The summed E-state index contributed by atoms with van der Waals surface area (Å²) in [6.07, 6.45) is 0. The third-order valence-electron chi connectivity index (χ3n) is 2.95. The first kappa shape index (κ1) is 14.0. The van der Waals surface area contributed by atoms with Crippen molar-refractivity contribution in [3.8, 4) is 5.75 Å². The predicted octanol–water partition coefficient (Wildman–Crippen LogP) is 4.93. The third-order valence-corrected chi connectivity index (χ3v) is 3.53. The second-order valence-corrected chi connectivity index (χ2v) is 5.39. The Hall–Kier alpha value is -1.38. The second kappa shape index (κ2) is 5.72. The quantitative estimate of drug-likeness (QED) is 0.842. The molecule has 0 saturated heterocycles. The van der Waals surface area contributed by atoms with E-state index in [1.54, 1.807) is 12.1 Å². The van der Waals surface area contributed by atoms with E-state index in [0.717, 1.165) is 11.3 Å². The number of aromatic hydroxyl groups is 1. The molecule has 4 heteroatoms. The van der Waals surface area contributed by atoms with Crippen LogP contribution in [0.5, 0.6) is 5.75 Å². The van der Waals surface area contributed by atoms with Crippen LogP contribution in [0.25, 0.3) is 0 Å². The zero-order valence-corrected chi connectivity index (χ0v) is 12.3. The van der Waals surface area contributed by atoms with Gasteiger partial charge >= 0.3 is 0 Å². The maximum Gasteiger partial charge on any atom is 0.152 e. The van der Waals surface area contributed by atoms with Gasteiger partial charge < -0.3 is 10.4 Å². The van der Waals surface area contributed by atoms with Crippen LogP contribution in [0.2, 0.25) is 10.0 Å². The van der Waals surface area contributed by atoms with Crippen LogP contribution in [-0.4, -0.2) is 5.11 Å². The van der Waals surface area contributed by atoms with Gasteiger partial charge in [-0.15, -0.1) is 0 Å². The van der Waals surface area contributed by atoms with Gasteiger partial charge in [-0.3, -0.25) is 0 Å². The summed E-state index contributed by atoms with van der Waals surface area (Å²) in [5, 5.41) is 13.4. The van der Waals surface area contributed by atoms with E-state index < -0.39 is 0 Å². The molecule has 2 nitrogen and oxygen atoms in total. The first-order valence-corrected chi connectivity index (χ1v) is 6.71. The molecule has 0 saturated carbocycles. The van der Waals surface area contributed by atoms with Crippen LogP contribution in [0.15, 0.2) is 30.3 Å².